The largest absolute Gasteiger partial charge is 0.490 e. The van der Waals surface area contributed by atoms with Crippen molar-refractivity contribution in [2.24, 2.45) is 4.99 Å². The number of ketones is 1. The third kappa shape index (κ3) is 2.24. The summed E-state index contributed by atoms with van der Waals surface area (Å²) >= 11 is 0. The molecule has 0 radical (unpaired) electrons. The number of allylic oxidation sites excluding steroid dienone is 2. The molecule has 21 heavy (non-hydrogen) atoms. The van der Waals surface area contributed by atoms with Gasteiger partial charge < -0.3 is 15.8 Å². The van der Waals surface area contributed by atoms with E-state index in [0.717, 1.165) is 0 Å². The molecule has 3 rings (SSSR count). The molecule has 0 spiro atoms. The standard InChI is InChI=1S/C13H15N5O3/c1-2-18-12(14)11(13(20)17-18)16-7-6-10-8(5-9(7)19)15-3-4-21-10/h5-6,15H,2-4,14H2,1H3,(H,17,20)/b16-7+. The van der Waals surface area contributed by atoms with Crippen LogP contribution in [0.3, 0.4) is 0 Å². The fraction of sp³-hybridized carbons (Fsp3) is 0.308. The smallest absolute Gasteiger partial charge is 0.292 e. The van der Waals surface area contributed by atoms with Crippen LogP contribution in [0.2, 0.25) is 0 Å². The molecule has 1 aliphatic heterocycles. The lowest BCUT2D eigenvalue weighted by Gasteiger charge is -2.23. The van der Waals surface area contributed by atoms with Gasteiger partial charge in [0.1, 0.15) is 23.9 Å². The van der Waals surface area contributed by atoms with Gasteiger partial charge in [-0.3, -0.25) is 19.4 Å². The van der Waals surface area contributed by atoms with Crippen LogP contribution in [0.5, 0.6) is 0 Å². The van der Waals surface area contributed by atoms with Gasteiger partial charge in [-0.05, 0) is 6.92 Å². The van der Waals surface area contributed by atoms with Crippen molar-refractivity contribution < 1.29 is 9.53 Å². The number of aliphatic imine (C=N–C) groups is 1. The van der Waals surface area contributed by atoms with Crippen molar-refractivity contribution in [1.29, 1.82) is 0 Å². The molecule has 0 amide bonds. The van der Waals surface area contributed by atoms with Crippen molar-refractivity contribution in [3.63, 3.8) is 0 Å². The average Bonchev–Trinajstić information content (AvgIpc) is 2.75. The summed E-state index contributed by atoms with van der Waals surface area (Å²) < 4.78 is 6.93. The summed E-state index contributed by atoms with van der Waals surface area (Å²) in [5.74, 6) is 0.456. The zero-order valence-electron chi connectivity index (χ0n) is 11.5. The molecule has 0 unspecified atom stereocenters. The number of carbonyl (C=O) groups is 1. The van der Waals surface area contributed by atoms with E-state index in [-0.39, 0.29) is 23.0 Å². The molecule has 8 heteroatoms. The lowest BCUT2D eigenvalue weighted by Crippen LogP contribution is -2.31. The molecular weight excluding hydrogens is 274 g/mol. The van der Waals surface area contributed by atoms with Gasteiger partial charge in [-0.25, -0.2) is 4.99 Å². The van der Waals surface area contributed by atoms with Crippen LogP contribution in [0.1, 0.15) is 6.92 Å². The van der Waals surface area contributed by atoms with Gasteiger partial charge in [0, 0.05) is 25.2 Å². The van der Waals surface area contributed by atoms with E-state index < -0.39 is 5.56 Å². The number of rotatable bonds is 2. The molecule has 1 saturated heterocycles. The molecule has 1 aromatic rings. The molecule has 1 aromatic heterocycles. The Morgan fingerprint density at radius 2 is 2.24 bits per heavy atom. The second kappa shape index (κ2) is 4.97. The number of hydrogen-bond donors (Lipinski definition) is 3. The number of nitrogens with one attached hydrogen (secondary N) is 2. The molecule has 0 saturated carbocycles. The molecule has 110 valence electrons. The van der Waals surface area contributed by atoms with E-state index >= 15 is 0 Å². The number of fused-ring (bicyclic) bond motifs is 1. The number of ether oxygens (including phenoxy) is 1. The van der Waals surface area contributed by atoms with Crippen LogP contribution >= 0.6 is 0 Å². The highest BCUT2D eigenvalue weighted by atomic mass is 16.5. The van der Waals surface area contributed by atoms with Crippen LogP contribution in [-0.2, 0) is 16.1 Å². The van der Waals surface area contributed by atoms with Gasteiger partial charge in [-0.15, -0.1) is 0 Å². The zero-order chi connectivity index (χ0) is 15.0. The summed E-state index contributed by atoms with van der Waals surface area (Å²) in [5.41, 5.74) is 6.22. The summed E-state index contributed by atoms with van der Waals surface area (Å²) in [4.78, 5) is 28.0. The van der Waals surface area contributed by atoms with Crippen LogP contribution in [0, 0.1) is 0 Å². The van der Waals surface area contributed by atoms with Gasteiger partial charge in [0.25, 0.3) is 5.56 Å². The summed E-state index contributed by atoms with van der Waals surface area (Å²) in [6.07, 6.45) is 2.93. The number of anilines is 1. The topological polar surface area (TPSA) is 114 Å². The van der Waals surface area contributed by atoms with Crippen molar-refractivity contribution in [3.05, 3.63) is 34.0 Å². The molecule has 8 nitrogen and oxygen atoms in total. The summed E-state index contributed by atoms with van der Waals surface area (Å²) in [7, 11) is 0. The van der Waals surface area contributed by atoms with E-state index in [0.29, 0.717) is 31.2 Å². The highest BCUT2D eigenvalue weighted by Crippen LogP contribution is 2.21. The molecular formula is C13H15N5O3. The summed E-state index contributed by atoms with van der Waals surface area (Å²) in [6, 6.07) is 0. The van der Waals surface area contributed by atoms with Crippen molar-refractivity contribution in [3.8, 4) is 0 Å². The third-order valence-electron chi connectivity index (χ3n) is 3.27. The number of nitrogens with zero attached hydrogens (tertiary/aromatic N) is 2. The predicted octanol–water partition coefficient (Wildman–Crippen LogP) is -0.179. The molecule has 0 atom stereocenters. The summed E-state index contributed by atoms with van der Waals surface area (Å²) in [5, 5.41) is 5.63. The first-order valence-electron chi connectivity index (χ1n) is 6.62. The Kier molecular flexibility index (Phi) is 3.13. The van der Waals surface area contributed by atoms with Crippen LogP contribution in [0.25, 0.3) is 0 Å². The Morgan fingerprint density at radius 3 is 2.95 bits per heavy atom. The van der Waals surface area contributed by atoms with Gasteiger partial charge in [0.15, 0.2) is 5.69 Å². The van der Waals surface area contributed by atoms with Crippen LogP contribution in [0.15, 0.2) is 33.4 Å². The monoisotopic (exact) mass is 289 g/mol. The van der Waals surface area contributed by atoms with Gasteiger partial charge in [0.05, 0.1) is 5.70 Å². The van der Waals surface area contributed by atoms with Crippen LogP contribution < -0.4 is 16.6 Å². The van der Waals surface area contributed by atoms with Crippen molar-refractivity contribution >= 4 is 23.0 Å². The number of aromatic amines is 1. The molecule has 2 aliphatic rings. The van der Waals surface area contributed by atoms with Gasteiger partial charge in [-0.2, -0.15) is 0 Å². The summed E-state index contributed by atoms with van der Waals surface area (Å²) in [6.45, 7) is 3.51. The third-order valence-corrected chi connectivity index (χ3v) is 3.27. The maximum absolute atomic E-state index is 12.0. The number of nitrogens with two attached hydrogens (primary N) is 1. The number of hydrogen-bond acceptors (Lipinski definition) is 6. The SMILES string of the molecule is CCn1[nH]c(=O)c(/N=C2\C=C3OCCNC3=CC2=O)c1N. The molecule has 1 aliphatic carbocycles. The van der Waals surface area contributed by atoms with E-state index in [9.17, 15) is 9.59 Å². The first-order valence-corrected chi connectivity index (χ1v) is 6.62. The molecule has 4 N–H and O–H groups in total. The molecule has 0 aromatic carbocycles. The van der Waals surface area contributed by atoms with Crippen molar-refractivity contribution in [2.75, 3.05) is 18.9 Å². The second-order valence-corrected chi connectivity index (χ2v) is 4.62. The van der Waals surface area contributed by atoms with Crippen molar-refractivity contribution in [2.45, 2.75) is 13.5 Å². The van der Waals surface area contributed by atoms with Gasteiger partial charge in [0.2, 0.25) is 5.78 Å². The van der Waals surface area contributed by atoms with E-state index in [4.69, 9.17) is 10.5 Å². The minimum absolute atomic E-state index is 0.0395. The van der Waals surface area contributed by atoms with E-state index in [1.54, 1.807) is 0 Å². The Hall–Kier alpha value is -2.77. The van der Waals surface area contributed by atoms with E-state index in [1.807, 2.05) is 6.92 Å². The molecule has 0 bridgehead atoms. The van der Waals surface area contributed by atoms with E-state index in [2.05, 4.69) is 15.4 Å². The van der Waals surface area contributed by atoms with E-state index in [1.165, 1.54) is 16.8 Å². The fourth-order valence-electron chi connectivity index (χ4n) is 2.20. The Bertz CT molecular complexity index is 750. The highest BCUT2D eigenvalue weighted by Gasteiger charge is 2.23. The second-order valence-electron chi connectivity index (χ2n) is 4.62. The fourth-order valence-corrected chi connectivity index (χ4v) is 2.20. The van der Waals surface area contributed by atoms with Gasteiger partial charge >= 0.3 is 0 Å². The quantitative estimate of drug-likeness (QED) is 0.653. The lowest BCUT2D eigenvalue weighted by atomic mass is 10.1. The minimum atomic E-state index is -0.425. The molecule has 2 heterocycles. The number of nitrogen functional groups attached to an aromatic ring is 1. The zero-order valence-corrected chi connectivity index (χ0v) is 11.5. The lowest BCUT2D eigenvalue weighted by molar-refractivity contribution is -0.109. The normalized spacial score (nSPS) is 19.5. The number of carbonyl (C=O) groups excluding carboxylic acids is 1. The number of morpholine rings is 1. The average molecular weight is 289 g/mol. The Balaban J connectivity index is 2.03. The number of aryl methyl sites for hydroxylation is 1. The first kappa shape index (κ1) is 13.2. The first-order chi connectivity index (χ1) is 10.1. The molecule has 1 fully saturated rings. The maximum Gasteiger partial charge on any atom is 0.292 e. The predicted molar refractivity (Wildman–Crippen MR) is 77.4 cm³/mol. The number of aromatic nitrogens is 2. The van der Waals surface area contributed by atoms with Crippen LogP contribution in [-0.4, -0.2) is 34.4 Å². The van der Waals surface area contributed by atoms with Gasteiger partial charge in [-0.1, -0.05) is 0 Å². The maximum atomic E-state index is 12.0. The Labute approximate surface area is 120 Å². The highest BCUT2D eigenvalue weighted by molar-refractivity contribution is 6.49. The van der Waals surface area contributed by atoms with Crippen molar-refractivity contribution in [1.82, 2.24) is 15.1 Å². The Morgan fingerprint density at radius 1 is 1.43 bits per heavy atom. The number of H-pyrrole nitrogens is 1. The van der Waals surface area contributed by atoms with Crippen LogP contribution in [0.4, 0.5) is 11.5 Å². The minimum Gasteiger partial charge on any atom is -0.490 e.